The zero-order valence-electron chi connectivity index (χ0n) is 17.3. The molecule has 0 saturated carbocycles. The van der Waals surface area contributed by atoms with Crippen LogP contribution in [0.2, 0.25) is 0 Å². The predicted molar refractivity (Wildman–Crippen MR) is 118 cm³/mol. The molecule has 0 unspecified atom stereocenters. The maximum Gasteiger partial charge on any atom is 0.342 e. The molecule has 0 saturated heterocycles. The van der Waals surface area contributed by atoms with Crippen LogP contribution >= 0.6 is 0 Å². The second kappa shape index (κ2) is 8.88. The van der Waals surface area contributed by atoms with Gasteiger partial charge < -0.3 is 9.15 Å². The van der Waals surface area contributed by atoms with Gasteiger partial charge in [0.1, 0.15) is 17.1 Å². The minimum atomic E-state index is -0.615. The third-order valence-corrected chi connectivity index (χ3v) is 4.89. The van der Waals surface area contributed by atoms with Gasteiger partial charge in [-0.25, -0.2) is 13.9 Å². The fourth-order valence-corrected chi connectivity index (χ4v) is 3.27. The molecule has 7 nitrogen and oxygen atoms in total. The first-order valence-corrected chi connectivity index (χ1v) is 10.1. The first kappa shape index (κ1) is 20.3. The summed E-state index contributed by atoms with van der Waals surface area (Å²) in [6.45, 7) is -0.196. The summed E-state index contributed by atoms with van der Waals surface area (Å²) in [7, 11) is 0. The molecule has 2 heterocycles. The molecule has 0 spiro atoms. The third-order valence-electron chi connectivity index (χ3n) is 4.89. The molecule has 3 aromatic carbocycles. The molecule has 2 aromatic heterocycles. The number of hydrogen-bond donors (Lipinski definition) is 0. The van der Waals surface area contributed by atoms with Gasteiger partial charge in [-0.15, -0.1) is 10.2 Å². The summed E-state index contributed by atoms with van der Waals surface area (Å²) in [4.78, 5) is 13.0. The van der Waals surface area contributed by atoms with E-state index in [0.717, 1.165) is 11.3 Å². The van der Waals surface area contributed by atoms with Gasteiger partial charge in [0.05, 0.1) is 5.69 Å². The fraction of sp³-hybridized carbons (Fsp3) is 0.0400. The number of ether oxygens (including phenoxy) is 1. The van der Waals surface area contributed by atoms with Crippen molar-refractivity contribution in [1.29, 1.82) is 0 Å². The van der Waals surface area contributed by atoms with Crippen LogP contribution in [0.4, 0.5) is 4.39 Å². The number of nitrogens with zero attached hydrogens (tertiary/aromatic N) is 4. The molecule has 0 bridgehead atoms. The number of rotatable bonds is 6. The molecule has 0 fully saturated rings. The second-order valence-corrected chi connectivity index (χ2v) is 7.12. The first-order chi connectivity index (χ1) is 16.2. The quantitative estimate of drug-likeness (QED) is 0.342. The molecule has 0 amide bonds. The maximum absolute atomic E-state index is 13.4. The minimum absolute atomic E-state index is 0.168. The van der Waals surface area contributed by atoms with Crippen LogP contribution in [0.1, 0.15) is 16.2 Å². The lowest BCUT2D eigenvalue weighted by Gasteiger charge is -2.03. The van der Waals surface area contributed by atoms with Crippen LogP contribution in [-0.4, -0.2) is 25.9 Å². The Morgan fingerprint density at radius 2 is 1.58 bits per heavy atom. The summed E-state index contributed by atoms with van der Waals surface area (Å²) in [5.41, 5.74) is 2.73. The standard InChI is InChI=1S/C25H17FN4O3/c26-19-13-11-17(12-14-19)23-21(15-30(29-23)20-9-5-2-6-10-20)25(31)32-16-22-27-28-24(33-22)18-7-3-1-4-8-18/h1-15H,16H2. The Bertz CT molecular complexity index is 1380. The van der Waals surface area contributed by atoms with Crippen LogP contribution in [0.15, 0.2) is 95.5 Å². The van der Waals surface area contributed by atoms with Crippen LogP contribution in [0, 0.1) is 5.82 Å². The summed E-state index contributed by atoms with van der Waals surface area (Å²) in [5, 5.41) is 12.5. The average molecular weight is 440 g/mol. The number of carbonyl (C=O) groups excluding carboxylic acids is 1. The van der Waals surface area contributed by atoms with E-state index in [1.165, 1.54) is 12.1 Å². The number of aromatic nitrogens is 4. The molecule has 0 aliphatic heterocycles. The summed E-state index contributed by atoms with van der Waals surface area (Å²) in [6.07, 6.45) is 1.58. The second-order valence-electron chi connectivity index (χ2n) is 7.12. The SMILES string of the molecule is O=C(OCc1nnc(-c2ccccc2)o1)c1cn(-c2ccccc2)nc1-c1ccc(F)cc1. The molecule has 8 heteroatoms. The largest absolute Gasteiger partial charge is 0.452 e. The molecular formula is C25H17FN4O3. The fourth-order valence-electron chi connectivity index (χ4n) is 3.27. The molecule has 5 rings (SSSR count). The number of esters is 1. The lowest BCUT2D eigenvalue weighted by atomic mass is 10.1. The van der Waals surface area contributed by atoms with Crippen molar-refractivity contribution in [1.82, 2.24) is 20.0 Å². The highest BCUT2D eigenvalue weighted by molar-refractivity contribution is 5.96. The monoisotopic (exact) mass is 440 g/mol. The smallest absolute Gasteiger partial charge is 0.342 e. The van der Waals surface area contributed by atoms with Crippen LogP contribution in [0.25, 0.3) is 28.4 Å². The highest BCUT2D eigenvalue weighted by atomic mass is 19.1. The van der Waals surface area contributed by atoms with E-state index in [1.807, 2.05) is 60.7 Å². The first-order valence-electron chi connectivity index (χ1n) is 10.1. The van der Waals surface area contributed by atoms with Gasteiger partial charge >= 0.3 is 5.97 Å². The van der Waals surface area contributed by atoms with Gasteiger partial charge in [0, 0.05) is 17.3 Å². The Labute approximate surface area is 188 Å². The Hall–Kier alpha value is -4.59. The van der Waals surface area contributed by atoms with Crippen molar-refractivity contribution in [2.75, 3.05) is 0 Å². The summed E-state index contributed by atoms with van der Waals surface area (Å²) in [5.74, 6) is -0.488. The van der Waals surface area contributed by atoms with E-state index in [2.05, 4.69) is 15.3 Å². The van der Waals surface area contributed by atoms with Crippen molar-refractivity contribution in [3.8, 4) is 28.4 Å². The molecule has 0 aliphatic carbocycles. The van der Waals surface area contributed by atoms with E-state index in [9.17, 15) is 9.18 Å². The molecule has 0 atom stereocenters. The van der Waals surface area contributed by atoms with Gasteiger partial charge in [0.2, 0.25) is 5.89 Å². The minimum Gasteiger partial charge on any atom is -0.452 e. The Balaban J connectivity index is 1.40. The number of para-hydroxylation sites is 1. The Kier molecular flexibility index (Phi) is 5.47. The zero-order chi connectivity index (χ0) is 22.6. The van der Waals surface area contributed by atoms with Gasteiger partial charge in [-0.05, 0) is 48.5 Å². The number of carbonyl (C=O) groups is 1. The van der Waals surface area contributed by atoms with Crippen LogP contribution in [-0.2, 0) is 11.3 Å². The molecule has 5 aromatic rings. The molecule has 0 radical (unpaired) electrons. The third kappa shape index (κ3) is 4.40. The molecule has 33 heavy (non-hydrogen) atoms. The normalized spacial score (nSPS) is 10.8. The molecular weight excluding hydrogens is 423 g/mol. The molecule has 0 aliphatic rings. The van der Waals surface area contributed by atoms with Crippen molar-refractivity contribution >= 4 is 5.97 Å². The van der Waals surface area contributed by atoms with E-state index in [0.29, 0.717) is 17.1 Å². The summed E-state index contributed by atoms with van der Waals surface area (Å²) in [6, 6.07) is 24.4. The van der Waals surface area contributed by atoms with Crippen LogP contribution < -0.4 is 0 Å². The average Bonchev–Trinajstić information content (AvgIpc) is 3.52. The van der Waals surface area contributed by atoms with E-state index in [1.54, 1.807) is 23.0 Å². The molecule has 0 N–H and O–H groups in total. The maximum atomic E-state index is 13.4. The van der Waals surface area contributed by atoms with Gasteiger partial charge in [-0.2, -0.15) is 5.10 Å². The van der Waals surface area contributed by atoms with Crippen molar-refractivity contribution in [2.24, 2.45) is 0 Å². The highest BCUT2D eigenvalue weighted by Crippen LogP contribution is 2.25. The zero-order valence-corrected chi connectivity index (χ0v) is 17.3. The van der Waals surface area contributed by atoms with Crippen molar-refractivity contribution in [2.45, 2.75) is 6.61 Å². The topological polar surface area (TPSA) is 83.0 Å². The van der Waals surface area contributed by atoms with Crippen LogP contribution in [0.3, 0.4) is 0 Å². The summed E-state index contributed by atoms with van der Waals surface area (Å²) < 4.78 is 26.0. The van der Waals surface area contributed by atoms with Crippen molar-refractivity contribution < 1.29 is 18.3 Å². The van der Waals surface area contributed by atoms with Gasteiger partial charge in [0.25, 0.3) is 5.89 Å². The van der Waals surface area contributed by atoms with Crippen LogP contribution in [0.5, 0.6) is 0 Å². The van der Waals surface area contributed by atoms with Crippen molar-refractivity contribution in [3.63, 3.8) is 0 Å². The van der Waals surface area contributed by atoms with E-state index < -0.39 is 5.97 Å². The molecule has 162 valence electrons. The Morgan fingerprint density at radius 1 is 0.879 bits per heavy atom. The Morgan fingerprint density at radius 3 is 2.30 bits per heavy atom. The van der Waals surface area contributed by atoms with E-state index >= 15 is 0 Å². The number of halogens is 1. The highest BCUT2D eigenvalue weighted by Gasteiger charge is 2.21. The van der Waals surface area contributed by atoms with Gasteiger partial charge in [-0.3, -0.25) is 0 Å². The summed E-state index contributed by atoms with van der Waals surface area (Å²) >= 11 is 0. The van der Waals surface area contributed by atoms with Gasteiger partial charge in [0.15, 0.2) is 6.61 Å². The number of hydrogen-bond acceptors (Lipinski definition) is 6. The van der Waals surface area contributed by atoms with Crippen molar-refractivity contribution in [3.05, 3.63) is 108 Å². The van der Waals surface area contributed by atoms with E-state index in [-0.39, 0.29) is 23.9 Å². The number of benzene rings is 3. The predicted octanol–water partition coefficient (Wildman–Crippen LogP) is 5.09. The lowest BCUT2D eigenvalue weighted by Crippen LogP contribution is -2.06. The lowest BCUT2D eigenvalue weighted by molar-refractivity contribution is 0.0439. The van der Waals surface area contributed by atoms with E-state index in [4.69, 9.17) is 9.15 Å². The van der Waals surface area contributed by atoms with Gasteiger partial charge in [-0.1, -0.05) is 36.4 Å².